The molecule has 0 aliphatic rings. The number of carboxylic acid groups (broad SMARTS) is 1. The number of nitro benzene ring substituents is 1. The third-order valence-electron chi connectivity index (χ3n) is 2.59. The average molecular weight is 259 g/mol. The summed E-state index contributed by atoms with van der Waals surface area (Å²) in [6.07, 6.45) is 0. The Hall–Kier alpha value is -2.89. The van der Waals surface area contributed by atoms with Crippen LogP contribution in [0.15, 0.2) is 42.5 Å². The zero-order chi connectivity index (χ0) is 14.0. The number of hydrogen-bond acceptors (Lipinski definition) is 4. The van der Waals surface area contributed by atoms with Crippen LogP contribution in [0.3, 0.4) is 0 Å². The number of para-hydroxylation sites is 1. The number of benzene rings is 2. The van der Waals surface area contributed by atoms with Crippen molar-refractivity contribution in [3.8, 4) is 16.9 Å². The summed E-state index contributed by atoms with van der Waals surface area (Å²) in [7, 11) is 0. The van der Waals surface area contributed by atoms with Gasteiger partial charge in [0.05, 0.1) is 10.5 Å². The van der Waals surface area contributed by atoms with Gasteiger partial charge in [-0.15, -0.1) is 0 Å². The van der Waals surface area contributed by atoms with E-state index in [-0.39, 0.29) is 22.6 Å². The second kappa shape index (κ2) is 4.77. The number of nitro groups is 1. The van der Waals surface area contributed by atoms with Gasteiger partial charge in [0, 0.05) is 17.7 Å². The number of hydrogen-bond donors (Lipinski definition) is 2. The van der Waals surface area contributed by atoms with Gasteiger partial charge < -0.3 is 10.2 Å². The summed E-state index contributed by atoms with van der Waals surface area (Å²) in [5.74, 6) is -1.33. The van der Waals surface area contributed by atoms with E-state index in [0.717, 1.165) is 6.07 Å². The van der Waals surface area contributed by atoms with E-state index in [1.807, 2.05) is 0 Å². The van der Waals surface area contributed by atoms with Gasteiger partial charge in [0.15, 0.2) is 0 Å². The molecule has 6 heteroatoms. The maximum Gasteiger partial charge on any atom is 0.335 e. The number of nitrogens with zero attached hydrogens (tertiary/aromatic N) is 1. The van der Waals surface area contributed by atoms with Crippen molar-refractivity contribution >= 4 is 11.7 Å². The van der Waals surface area contributed by atoms with Crippen molar-refractivity contribution in [2.75, 3.05) is 0 Å². The first-order valence-corrected chi connectivity index (χ1v) is 5.30. The highest BCUT2D eigenvalue weighted by Crippen LogP contribution is 2.32. The molecule has 0 bridgehead atoms. The lowest BCUT2D eigenvalue weighted by Crippen LogP contribution is -1.99. The fraction of sp³-hybridized carbons (Fsp3) is 0. The molecule has 19 heavy (non-hydrogen) atoms. The van der Waals surface area contributed by atoms with Gasteiger partial charge in [0.1, 0.15) is 5.75 Å². The predicted octanol–water partition coefficient (Wildman–Crippen LogP) is 2.67. The zero-order valence-electron chi connectivity index (χ0n) is 9.61. The summed E-state index contributed by atoms with van der Waals surface area (Å²) in [6.45, 7) is 0. The summed E-state index contributed by atoms with van der Waals surface area (Å²) < 4.78 is 0. The summed E-state index contributed by atoms with van der Waals surface area (Å²) in [6, 6.07) is 9.72. The Bertz CT molecular complexity index is 634. The van der Waals surface area contributed by atoms with Crippen molar-refractivity contribution in [3.63, 3.8) is 0 Å². The topological polar surface area (TPSA) is 101 Å². The Morgan fingerprint density at radius 3 is 2.42 bits per heavy atom. The van der Waals surface area contributed by atoms with Crippen LogP contribution >= 0.6 is 0 Å². The number of carbonyl (C=O) groups is 1. The Labute approximate surface area is 107 Å². The molecule has 0 atom stereocenters. The van der Waals surface area contributed by atoms with Crippen LogP contribution in [0, 0.1) is 10.1 Å². The summed E-state index contributed by atoms with van der Waals surface area (Å²) in [5, 5.41) is 29.4. The smallest absolute Gasteiger partial charge is 0.335 e. The molecule has 6 nitrogen and oxygen atoms in total. The molecule has 2 rings (SSSR count). The molecule has 2 aromatic rings. The highest BCUT2D eigenvalue weighted by atomic mass is 16.6. The molecule has 0 unspecified atom stereocenters. The molecule has 96 valence electrons. The normalized spacial score (nSPS) is 10.1. The van der Waals surface area contributed by atoms with Gasteiger partial charge in [0.25, 0.3) is 5.69 Å². The quantitative estimate of drug-likeness (QED) is 0.651. The lowest BCUT2D eigenvalue weighted by molar-refractivity contribution is -0.384. The second-order valence-electron chi connectivity index (χ2n) is 3.85. The van der Waals surface area contributed by atoms with Crippen LogP contribution in [-0.2, 0) is 0 Å². The molecule has 0 radical (unpaired) electrons. The van der Waals surface area contributed by atoms with E-state index in [0.29, 0.717) is 5.56 Å². The van der Waals surface area contributed by atoms with E-state index in [4.69, 9.17) is 5.11 Å². The maximum atomic E-state index is 11.0. The highest BCUT2D eigenvalue weighted by molar-refractivity contribution is 5.91. The van der Waals surface area contributed by atoms with Gasteiger partial charge >= 0.3 is 5.97 Å². The van der Waals surface area contributed by atoms with Gasteiger partial charge in [-0.25, -0.2) is 4.79 Å². The van der Waals surface area contributed by atoms with Gasteiger partial charge in [-0.2, -0.15) is 0 Å². The molecule has 0 amide bonds. The van der Waals surface area contributed by atoms with E-state index in [9.17, 15) is 20.0 Å². The molecule has 0 heterocycles. The molecule has 0 aliphatic carbocycles. The Balaban J connectivity index is 2.67. The lowest BCUT2D eigenvalue weighted by Gasteiger charge is -2.05. The minimum atomic E-state index is -1.26. The van der Waals surface area contributed by atoms with E-state index in [1.54, 1.807) is 18.2 Å². The first kappa shape index (κ1) is 12.6. The first-order chi connectivity index (χ1) is 8.99. The van der Waals surface area contributed by atoms with Crippen LogP contribution < -0.4 is 0 Å². The standard InChI is InChI=1S/C13H9NO5/c15-12-4-2-1-3-11(12)8-5-9(13(16)17)7-10(6-8)14(18)19/h1-7,15H,(H,16,17). The van der Waals surface area contributed by atoms with E-state index in [1.165, 1.54) is 18.2 Å². The summed E-state index contributed by atoms with van der Waals surface area (Å²) >= 11 is 0. The number of phenolic OH excluding ortho intramolecular Hbond substituents is 1. The summed E-state index contributed by atoms with van der Waals surface area (Å²) in [4.78, 5) is 21.1. The average Bonchev–Trinajstić information content (AvgIpc) is 2.38. The molecule has 2 N–H and O–H groups in total. The molecule has 0 saturated carbocycles. The summed E-state index contributed by atoms with van der Waals surface area (Å²) in [5.41, 5.74) is 0.0870. The van der Waals surface area contributed by atoms with Gasteiger partial charge in [-0.3, -0.25) is 10.1 Å². The Morgan fingerprint density at radius 1 is 1.16 bits per heavy atom. The van der Waals surface area contributed by atoms with Crippen molar-refractivity contribution in [2.24, 2.45) is 0 Å². The number of aromatic hydroxyl groups is 1. The van der Waals surface area contributed by atoms with Crippen LogP contribution in [0.5, 0.6) is 5.75 Å². The van der Waals surface area contributed by atoms with Crippen LogP contribution in [0.1, 0.15) is 10.4 Å². The monoisotopic (exact) mass is 259 g/mol. The van der Waals surface area contributed by atoms with E-state index >= 15 is 0 Å². The predicted molar refractivity (Wildman–Crippen MR) is 67.2 cm³/mol. The number of phenols is 1. The van der Waals surface area contributed by atoms with Crippen molar-refractivity contribution in [1.29, 1.82) is 0 Å². The van der Waals surface area contributed by atoms with Gasteiger partial charge in [-0.05, 0) is 17.7 Å². The fourth-order valence-corrected chi connectivity index (χ4v) is 1.71. The van der Waals surface area contributed by atoms with Gasteiger partial charge in [-0.1, -0.05) is 18.2 Å². The van der Waals surface area contributed by atoms with Gasteiger partial charge in [0.2, 0.25) is 0 Å². The maximum absolute atomic E-state index is 11.0. The third-order valence-corrected chi connectivity index (χ3v) is 2.59. The van der Waals surface area contributed by atoms with Crippen LogP contribution in [0.4, 0.5) is 5.69 Å². The molecular formula is C13H9NO5. The van der Waals surface area contributed by atoms with Crippen LogP contribution in [-0.4, -0.2) is 21.1 Å². The largest absolute Gasteiger partial charge is 0.507 e. The molecule has 0 saturated heterocycles. The second-order valence-corrected chi connectivity index (χ2v) is 3.85. The number of non-ortho nitro benzene ring substituents is 1. The SMILES string of the molecule is O=C(O)c1cc(-c2ccccc2O)cc([N+](=O)[O-])c1. The van der Waals surface area contributed by atoms with Crippen LogP contribution in [0.2, 0.25) is 0 Å². The third kappa shape index (κ3) is 2.52. The van der Waals surface area contributed by atoms with Crippen LogP contribution in [0.25, 0.3) is 11.1 Å². The van der Waals surface area contributed by atoms with Crippen molar-refractivity contribution < 1.29 is 19.9 Å². The highest BCUT2D eigenvalue weighted by Gasteiger charge is 2.15. The Kier molecular flexibility index (Phi) is 3.15. The fourth-order valence-electron chi connectivity index (χ4n) is 1.71. The lowest BCUT2D eigenvalue weighted by atomic mass is 10.0. The van der Waals surface area contributed by atoms with Crippen molar-refractivity contribution in [1.82, 2.24) is 0 Å². The first-order valence-electron chi connectivity index (χ1n) is 5.30. The van der Waals surface area contributed by atoms with E-state index < -0.39 is 10.9 Å². The molecule has 2 aromatic carbocycles. The molecule has 0 fully saturated rings. The van der Waals surface area contributed by atoms with Crippen molar-refractivity contribution in [2.45, 2.75) is 0 Å². The molecular weight excluding hydrogens is 250 g/mol. The Morgan fingerprint density at radius 2 is 1.84 bits per heavy atom. The number of carboxylic acids is 1. The number of aromatic carboxylic acids is 1. The van der Waals surface area contributed by atoms with Crippen molar-refractivity contribution in [3.05, 3.63) is 58.1 Å². The van der Waals surface area contributed by atoms with E-state index in [2.05, 4.69) is 0 Å². The molecule has 0 aliphatic heterocycles. The molecule has 0 aromatic heterocycles. The minimum Gasteiger partial charge on any atom is -0.507 e. The minimum absolute atomic E-state index is 0.0701. The molecule has 0 spiro atoms. The zero-order valence-corrected chi connectivity index (χ0v) is 9.61. The number of rotatable bonds is 3.